The van der Waals surface area contributed by atoms with Crippen molar-refractivity contribution in [1.82, 2.24) is 4.90 Å². The first kappa shape index (κ1) is 25.3. The molecule has 0 aliphatic carbocycles. The van der Waals surface area contributed by atoms with E-state index in [4.69, 9.17) is 0 Å². The number of anilines is 1. The summed E-state index contributed by atoms with van der Waals surface area (Å²) in [5.41, 5.74) is 2.48. The molecule has 6 nitrogen and oxygen atoms in total. The Bertz CT molecular complexity index is 1090. The number of carboxylic acid groups (broad SMARTS) is 1. The van der Waals surface area contributed by atoms with Gasteiger partial charge in [0.2, 0.25) is 0 Å². The number of ketones is 1. The Hall–Kier alpha value is -3.36. The molecule has 180 valence electrons. The highest BCUT2D eigenvalue weighted by molar-refractivity contribution is 6.35. The van der Waals surface area contributed by atoms with Gasteiger partial charge in [0.1, 0.15) is 11.3 Å². The second-order valence-electron chi connectivity index (χ2n) is 8.88. The molecule has 0 saturated carbocycles. The number of hydrogen-bond acceptors (Lipinski definition) is 5. The van der Waals surface area contributed by atoms with Crippen LogP contribution in [0.4, 0.5) is 14.3 Å². The number of para-hydroxylation sites is 1. The van der Waals surface area contributed by atoms with Gasteiger partial charge in [0.05, 0.1) is 0 Å². The Kier molecular flexibility index (Phi) is 7.64. The molecule has 0 aromatic heterocycles. The Labute approximate surface area is 199 Å². The van der Waals surface area contributed by atoms with Crippen molar-refractivity contribution in [2.24, 2.45) is 0 Å². The van der Waals surface area contributed by atoms with Crippen LogP contribution < -0.4 is 4.90 Å². The van der Waals surface area contributed by atoms with Crippen molar-refractivity contribution in [3.05, 3.63) is 76.9 Å². The molecule has 34 heavy (non-hydrogen) atoms. The third kappa shape index (κ3) is 5.24. The zero-order valence-corrected chi connectivity index (χ0v) is 19.8. The molecule has 0 atom stereocenters. The maximum absolute atomic E-state index is 13.1. The molecule has 3 rings (SSSR count). The summed E-state index contributed by atoms with van der Waals surface area (Å²) in [6.45, 7) is 7.26. The van der Waals surface area contributed by atoms with E-state index in [1.807, 2.05) is 41.1 Å². The minimum absolute atomic E-state index is 0.330. The zero-order valence-electron chi connectivity index (χ0n) is 19.8. The van der Waals surface area contributed by atoms with Crippen LogP contribution in [-0.4, -0.2) is 49.4 Å². The van der Waals surface area contributed by atoms with Crippen molar-refractivity contribution in [2.75, 3.05) is 25.0 Å². The topological polar surface area (TPSA) is 70.1 Å². The Morgan fingerprint density at radius 2 is 1.82 bits per heavy atom. The average Bonchev–Trinajstić information content (AvgIpc) is 3.36. The normalized spacial score (nSPS) is 19.5. The van der Waals surface area contributed by atoms with E-state index in [0.717, 1.165) is 49.0 Å². The van der Waals surface area contributed by atoms with Crippen molar-refractivity contribution < 1.29 is 28.0 Å². The number of carbonyl (C=O) groups is 2. The van der Waals surface area contributed by atoms with Gasteiger partial charge in [0, 0.05) is 42.6 Å². The maximum Gasteiger partial charge on any atom is 0.796 e. The number of likely N-dealkylation sites (tertiary alicyclic amines) is 1. The van der Waals surface area contributed by atoms with Crippen molar-refractivity contribution in [3.63, 3.8) is 0 Å². The second kappa shape index (κ2) is 10.3. The molecule has 1 fully saturated rings. The number of carboxylic acids is 1. The number of aliphatic carboxylic acids is 1. The SMILES string of the molecule is C/C(=C\C(OB(F)F)=C(/C(=O)O)C(=O)/C=C/C=C1\N(C)c2ccccc2C1(C)C)N1CCCC1. The van der Waals surface area contributed by atoms with Crippen molar-refractivity contribution in [1.29, 1.82) is 0 Å². The minimum Gasteiger partial charge on any atom is -0.504 e. The quantitative estimate of drug-likeness (QED) is 0.148. The number of likely N-dealkylation sites (N-methyl/N-ethyl adjacent to an activating group) is 1. The number of nitrogens with zero attached hydrogens (tertiary/aromatic N) is 2. The highest BCUT2D eigenvalue weighted by Crippen LogP contribution is 2.46. The lowest BCUT2D eigenvalue weighted by Gasteiger charge is -2.23. The van der Waals surface area contributed by atoms with Gasteiger partial charge in [-0.3, -0.25) is 4.79 Å². The first-order valence-corrected chi connectivity index (χ1v) is 11.2. The fourth-order valence-electron chi connectivity index (χ4n) is 4.56. The molecule has 0 bridgehead atoms. The zero-order chi connectivity index (χ0) is 25.0. The Morgan fingerprint density at radius 1 is 1.18 bits per heavy atom. The molecule has 1 N–H and O–H groups in total. The van der Waals surface area contributed by atoms with E-state index in [2.05, 4.69) is 18.5 Å². The van der Waals surface area contributed by atoms with Gasteiger partial charge >= 0.3 is 13.4 Å². The van der Waals surface area contributed by atoms with Gasteiger partial charge in [-0.05, 0) is 49.6 Å². The molecule has 2 heterocycles. The lowest BCUT2D eigenvalue weighted by molar-refractivity contribution is -0.134. The summed E-state index contributed by atoms with van der Waals surface area (Å²) >= 11 is 0. The van der Waals surface area contributed by atoms with Gasteiger partial charge in [-0.2, -0.15) is 0 Å². The lowest BCUT2D eigenvalue weighted by atomic mass is 9.84. The highest BCUT2D eigenvalue weighted by Gasteiger charge is 2.37. The third-order valence-corrected chi connectivity index (χ3v) is 6.31. The predicted octanol–water partition coefficient (Wildman–Crippen LogP) is 4.70. The summed E-state index contributed by atoms with van der Waals surface area (Å²) in [4.78, 5) is 28.6. The number of fused-ring (bicyclic) bond motifs is 1. The first-order valence-electron chi connectivity index (χ1n) is 11.2. The molecule has 0 spiro atoms. The third-order valence-electron chi connectivity index (χ3n) is 6.31. The van der Waals surface area contributed by atoms with E-state index in [9.17, 15) is 23.3 Å². The van der Waals surface area contributed by atoms with Crippen LogP contribution in [0.15, 0.2) is 71.3 Å². The summed E-state index contributed by atoms with van der Waals surface area (Å²) in [5.74, 6) is -3.21. The Morgan fingerprint density at radius 3 is 2.41 bits per heavy atom. The molecule has 1 aromatic carbocycles. The maximum atomic E-state index is 13.1. The molecule has 9 heteroatoms. The van der Waals surface area contributed by atoms with Crippen LogP contribution in [0.2, 0.25) is 0 Å². The standard InChI is InChI=1S/C25H29BF2N2O4/c1-17(30-14-7-8-15-30)16-21(34-26(27)28)23(24(32)33)20(31)12-9-13-22-25(2,3)18-10-5-6-11-19(18)29(22)4/h5-6,9-13,16H,7-8,14-15H2,1-4H3,(H,32,33)/b12-9+,17-16+,22-13-,23-21+. The summed E-state index contributed by atoms with van der Waals surface area (Å²) in [5, 5.41) is 9.66. The van der Waals surface area contributed by atoms with Crippen LogP contribution in [0, 0.1) is 0 Å². The fourth-order valence-corrected chi connectivity index (χ4v) is 4.56. The molecule has 0 amide bonds. The van der Waals surface area contributed by atoms with Gasteiger partial charge in [0.15, 0.2) is 5.78 Å². The van der Waals surface area contributed by atoms with Crippen LogP contribution in [0.3, 0.4) is 0 Å². The van der Waals surface area contributed by atoms with E-state index < -0.39 is 30.6 Å². The molecule has 0 unspecified atom stereocenters. The van der Waals surface area contributed by atoms with Crippen LogP contribution >= 0.6 is 0 Å². The van der Waals surface area contributed by atoms with Gasteiger partial charge in [-0.15, -0.1) is 0 Å². The lowest BCUT2D eigenvalue weighted by Crippen LogP contribution is -2.22. The van der Waals surface area contributed by atoms with E-state index in [1.54, 1.807) is 13.0 Å². The van der Waals surface area contributed by atoms with Crippen LogP contribution in [0.25, 0.3) is 0 Å². The molecule has 1 saturated heterocycles. The summed E-state index contributed by atoms with van der Waals surface area (Å²) in [6.07, 6.45) is 7.36. The van der Waals surface area contributed by atoms with E-state index in [-0.39, 0.29) is 5.41 Å². The predicted molar refractivity (Wildman–Crippen MR) is 128 cm³/mol. The number of allylic oxidation sites excluding steroid dienone is 6. The molecular formula is C25H29BF2N2O4. The van der Waals surface area contributed by atoms with Crippen LogP contribution in [0.1, 0.15) is 39.2 Å². The Balaban J connectivity index is 1.93. The second-order valence-corrected chi connectivity index (χ2v) is 8.88. The summed E-state index contributed by atoms with van der Waals surface area (Å²) in [7, 11) is -1.35. The smallest absolute Gasteiger partial charge is 0.504 e. The van der Waals surface area contributed by atoms with Crippen molar-refractivity contribution >= 4 is 24.9 Å². The van der Waals surface area contributed by atoms with Crippen molar-refractivity contribution in [2.45, 2.75) is 39.0 Å². The number of hydrogen-bond donors (Lipinski definition) is 1. The molecule has 2 aliphatic heterocycles. The van der Waals surface area contributed by atoms with Gasteiger partial charge in [-0.25, -0.2) is 13.4 Å². The molecule has 2 aliphatic rings. The minimum atomic E-state index is -3.27. The summed E-state index contributed by atoms with van der Waals surface area (Å²) < 4.78 is 30.6. The highest BCUT2D eigenvalue weighted by atomic mass is 19.2. The number of rotatable bonds is 8. The fraction of sp³-hybridized carbons (Fsp3) is 0.360. The van der Waals surface area contributed by atoms with E-state index in [0.29, 0.717) is 5.70 Å². The van der Waals surface area contributed by atoms with Gasteiger partial charge in [-0.1, -0.05) is 38.1 Å². The monoisotopic (exact) mass is 470 g/mol. The number of benzene rings is 1. The van der Waals surface area contributed by atoms with Gasteiger partial charge in [0.25, 0.3) is 0 Å². The van der Waals surface area contributed by atoms with Crippen LogP contribution in [-0.2, 0) is 19.7 Å². The number of carbonyl (C=O) groups excluding carboxylic acids is 1. The average molecular weight is 470 g/mol. The first-order chi connectivity index (χ1) is 16.0. The van der Waals surface area contributed by atoms with E-state index >= 15 is 0 Å². The van der Waals surface area contributed by atoms with Crippen LogP contribution in [0.5, 0.6) is 0 Å². The number of halogens is 2. The molecular weight excluding hydrogens is 441 g/mol. The molecule has 1 aromatic rings. The summed E-state index contributed by atoms with van der Waals surface area (Å²) in [6, 6.07) is 7.94. The molecule has 0 radical (unpaired) electrons. The largest absolute Gasteiger partial charge is 0.796 e. The van der Waals surface area contributed by atoms with Gasteiger partial charge < -0.3 is 19.6 Å². The van der Waals surface area contributed by atoms with Crippen molar-refractivity contribution in [3.8, 4) is 0 Å². The van der Waals surface area contributed by atoms with E-state index in [1.165, 1.54) is 12.2 Å².